The molecule has 0 aliphatic carbocycles. The van der Waals surface area contributed by atoms with E-state index in [1.165, 1.54) is 79.8 Å². The van der Waals surface area contributed by atoms with Crippen molar-refractivity contribution < 1.29 is 0 Å². The highest BCUT2D eigenvalue weighted by Gasteiger charge is 2.48. The topological polar surface area (TPSA) is 11.4 Å². The van der Waals surface area contributed by atoms with Gasteiger partial charge in [-0.15, -0.1) is 0 Å². The highest BCUT2D eigenvalue weighted by molar-refractivity contribution is 7.20. The second kappa shape index (κ2) is 25.3. The Balaban J connectivity index is 0.984. The smallest absolute Gasteiger partial charge is 0.252 e. The molecule has 3 heterocycles. The van der Waals surface area contributed by atoms with Crippen LogP contribution in [0.3, 0.4) is 0 Å². The van der Waals surface area contributed by atoms with E-state index in [1.54, 1.807) is 0 Å². The maximum absolute atomic E-state index is 3.18. The second-order valence-electron chi connectivity index (χ2n) is 27.0. The molecule has 0 saturated carbocycles. The van der Waals surface area contributed by atoms with E-state index < -0.39 is 16.1 Å². The van der Waals surface area contributed by atoms with Gasteiger partial charge >= 0.3 is 0 Å². The van der Waals surface area contributed by atoms with Gasteiger partial charge in [0.1, 0.15) is 0 Å². The Morgan fingerprint density at radius 2 is 0.569 bits per heavy atom. The first-order chi connectivity index (χ1) is 50.6. The van der Waals surface area contributed by atoms with Crippen LogP contribution in [0.25, 0.3) is 60.9 Å². The zero-order valence-corrected chi connectivity index (χ0v) is 58.2. The van der Waals surface area contributed by atoms with E-state index in [0.717, 1.165) is 73.1 Å². The van der Waals surface area contributed by atoms with Crippen molar-refractivity contribution in [3.8, 4) is 39.1 Å². The Morgan fingerprint density at radius 3 is 1.01 bits per heavy atom. The molecule has 102 heavy (non-hydrogen) atoms. The van der Waals surface area contributed by atoms with Gasteiger partial charge in [-0.2, -0.15) is 0 Å². The summed E-state index contributed by atoms with van der Waals surface area (Å²) in [5.74, 6) is 0. The first-order valence-corrected chi connectivity index (χ1v) is 39.4. The lowest BCUT2D eigenvalue weighted by molar-refractivity contribution is 1.16. The van der Waals surface area contributed by atoms with Gasteiger partial charge in [-0.3, -0.25) is 0 Å². The molecule has 0 radical (unpaired) electrons. The number of anilines is 6. The van der Waals surface area contributed by atoms with Crippen LogP contribution < -0.4 is 67.7 Å². The molecule has 0 unspecified atom stereocenters. The molecule has 1 aromatic heterocycles. The van der Waals surface area contributed by atoms with Crippen LogP contribution >= 0.6 is 0 Å². The van der Waals surface area contributed by atoms with Gasteiger partial charge in [-0.25, -0.2) is 0 Å². The summed E-state index contributed by atoms with van der Waals surface area (Å²) >= 11 is 0. The largest absolute Gasteiger partial charge is 0.311 e. The van der Waals surface area contributed by atoms with Crippen molar-refractivity contribution in [1.29, 1.82) is 0 Å². The summed E-state index contributed by atoms with van der Waals surface area (Å²) in [6.07, 6.45) is 0. The molecule has 0 saturated heterocycles. The first kappa shape index (κ1) is 60.6. The van der Waals surface area contributed by atoms with Crippen LogP contribution in [-0.2, 0) is 0 Å². The number of aromatic nitrogens is 1. The summed E-state index contributed by atoms with van der Waals surface area (Å²) in [4.78, 5) is 5.33. The second-order valence-corrected chi connectivity index (χ2v) is 34.7. The molecule has 0 N–H and O–H groups in total. The van der Waals surface area contributed by atoms with Crippen LogP contribution in [0.2, 0.25) is 0 Å². The van der Waals surface area contributed by atoms with Gasteiger partial charge in [0.2, 0.25) is 0 Å². The molecule has 0 fully saturated rings. The van der Waals surface area contributed by atoms with Crippen LogP contribution in [0, 0.1) is 0 Å². The summed E-state index contributed by atoms with van der Waals surface area (Å²) in [5, 5.41) is 13.0. The van der Waals surface area contributed by atoms with Crippen LogP contribution in [0.4, 0.5) is 34.1 Å². The number of fused-ring (bicyclic) bond motifs is 7. The van der Waals surface area contributed by atoms with Gasteiger partial charge < -0.3 is 14.4 Å². The molecule has 17 aromatic rings. The minimum Gasteiger partial charge on any atom is -0.311 e. The molecular weight excluding hydrogens is 1260 g/mol. The van der Waals surface area contributed by atoms with Crippen molar-refractivity contribution in [2.75, 3.05) is 9.80 Å². The third-order valence-electron chi connectivity index (χ3n) is 21.6. The van der Waals surface area contributed by atoms with E-state index in [1.807, 2.05) is 0 Å². The fourth-order valence-electron chi connectivity index (χ4n) is 17.3. The lowest BCUT2D eigenvalue weighted by Gasteiger charge is -2.45. The quantitative estimate of drug-likeness (QED) is 0.0794. The highest BCUT2D eigenvalue weighted by Crippen LogP contribution is 2.48. The molecule has 0 spiro atoms. The molecule has 478 valence electrons. The van der Waals surface area contributed by atoms with Gasteiger partial charge in [-0.05, 0) is 158 Å². The Hall–Kier alpha value is -12.6. The van der Waals surface area contributed by atoms with Crippen molar-refractivity contribution in [2.24, 2.45) is 0 Å². The molecular formula is C96H68BN3Si2. The average Bonchev–Trinajstić information content (AvgIpc) is 0.760. The zero-order valence-electron chi connectivity index (χ0n) is 56.2. The number of nitrogens with zero attached hydrogens (tertiary/aromatic N) is 3. The van der Waals surface area contributed by atoms with Gasteiger partial charge in [0.05, 0.1) is 16.7 Å². The first-order valence-electron chi connectivity index (χ1n) is 35.4. The fourth-order valence-corrected chi connectivity index (χ4v) is 26.8. The predicted octanol–water partition coefficient (Wildman–Crippen LogP) is 16.6. The number of benzene rings is 16. The molecule has 0 amide bonds. The Morgan fingerprint density at radius 1 is 0.196 bits per heavy atom. The van der Waals surface area contributed by atoms with Gasteiger partial charge in [0.25, 0.3) is 6.71 Å². The SMILES string of the molecule is c1ccc(-c2cc(-c3ccccc3)cc(N3c4ccc(-c5ccccc5)cc4B4c5ccc([Si](c6ccccc6)(c6ccccc6)c6ccccc6)cc5N(c5cccc([Si](c6ccccc6)(c6ccccc6)c6ccccc6)c5)c5cc(-n6c7ccccc7c7ccccc76)cc3c54)c2)cc1. The van der Waals surface area contributed by atoms with E-state index in [-0.39, 0.29) is 6.71 Å². The summed E-state index contributed by atoms with van der Waals surface area (Å²) < 4.78 is 2.54. The predicted molar refractivity (Wildman–Crippen MR) is 438 cm³/mol. The molecule has 3 nitrogen and oxygen atoms in total. The molecule has 6 heteroatoms. The maximum atomic E-state index is 2.70. The van der Waals surface area contributed by atoms with E-state index >= 15 is 0 Å². The van der Waals surface area contributed by atoms with E-state index in [9.17, 15) is 0 Å². The number of rotatable bonds is 14. The van der Waals surface area contributed by atoms with Gasteiger partial charge in [0, 0.05) is 44.9 Å². The van der Waals surface area contributed by atoms with Gasteiger partial charge in [0.15, 0.2) is 16.1 Å². The van der Waals surface area contributed by atoms with Crippen molar-refractivity contribution >= 4 is 137 Å². The van der Waals surface area contributed by atoms with Crippen LogP contribution in [0.1, 0.15) is 0 Å². The van der Waals surface area contributed by atoms with E-state index in [4.69, 9.17) is 0 Å². The fraction of sp³-hybridized carbons (Fsp3) is 0. The molecule has 2 aliphatic rings. The third-order valence-corrected chi connectivity index (χ3v) is 31.2. The molecule has 19 rings (SSSR count). The zero-order chi connectivity index (χ0) is 67.6. The van der Waals surface area contributed by atoms with E-state index in [0.29, 0.717) is 0 Å². The molecule has 2 aliphatic heterocycles. The monoisotopic (exact) mass is 1330 g/mol. The van der Waals surface area contributed by atoms with Gasteiger partial charge in [-0.1, -0.05) is 346 Å². The standard InChI is InChI=1S/C96H68BN3Si2/c1-10-33-69(34-11-1)72-57-60-92-89(64-72)97-88-59-58-85(102(81-46-22-7-23-47-81,82-48-24-8-25-49-82)83-50-26-9-27-51-83)68-93(88)98(75-39-32-52-84(65-75)101(78-40-16-4-17-41-78,79-42-18-5-19-43-79)80-44-20-6-21-45-80)94-66-77(99-90-55-30-28-53-86(90)87-54-29-31-56-91(87)99)67-95(96(94)97)100(92)76-62-73(70-35-12-2-13-36-70)61-74(63-76)71-37-14-3-15-38-71/h1-68H. The minimum absolute atomic E-state index is 0.237. The summed E-state index contributed by atoms with van der Waals surface area (Å²) in [7, 11) is -6.31. The van der Waals surface area contributed by atoms with Crippen LogP contribution in [0.15, 0.2) is 413 Å². The summed E-state index contributed by atoms with van der Waals surface area (Å²) in [6.45, 7) is -0.237. The van der Waals surface area contributed by atoms with Crippen molar-refractivity contribution in [1.82, 2.24) is 4.57 Å². The Labute approximate surface area is 598 Å². The average molecular weight is 1330 g/mol. The summed E-state index contributed by atoms with van der Waals surface area (Å²) in [5.41, 5.74) is 20.7. The van der Waals surface area contributed by atoms with Crippen LogP contribution in [0.5, 0.6) is 0 Å². The number of para-hydroxylation sites is 2. The highest BCUT2D eigenvalue weighted by atomic mass is 28.3. The van der Waals surface area contributed by atoms with E-state index in [2.05, 4.69) is 427 Å². The molecule has 0 bridgehead atoms. The molecule has 16 aromatic carbocycles. The van der Waals surface area contributed by atoms with Crippen LogP contribution in [-0.4, -0.2) is 27.4 Å². The number of hydrogen-bond acceptors (Lipinski definition) is 2. The number of hydrogen-bond donors (Lipinski definition) is 0. The Kier molecular flexibility index (Phi) is 15.0. The normalized spacial score (nSPS) is 12.5. The maximum Gasteiger partial charge on any atom is 0.252 e. The molecule has 0 atom stereocenters. The lowest BCUT2D eigenvalue weighted by atomic mass is 9.33. The summed E-state index contributed by atoms with van der Waals surface area (Å²) in [6, 6.07) is 156. The van der Waals surface area contributed by atoms with Crippen molar-refractivity contribution in [2.45, 2.75) is 0 Å². The Bertz CT molecular complexity index is 5640. The van der Waals surface area contributed by atoms with Crippen molar-refractivity contribution in [3.05, 3.63) is 413 Å². The van der Waals surface area contributed by atoms with Crippen molar-refractivity contribution in [3.63, 3.8) is 0 Å². The third kappa shape index (κ3) is 9.85. The minimum atomic E-state index is -3.18. The lowest BCUT2D eigenvalue weighted by Crippen LogP contribution is -2.75.